The number of aromatic nitrogens is 3. The highest BCUT2D eigenvalue weighted by atomic mass is 16.6. The molecule has 1 aliphatic rings. The molecule has 0 bridgehead atoms. The molecule has 4 aromatic rings. The molecule has 1 saturated heterocycles. The summed E-state index contributed by atoms with van der Waals surface area (Å²) in [6, 6.07) is 19.6. The van der Waals surface area contributed by atoms with Gasteiger partial charge in [-0.2, -0.15) is 5.10 Å². The second kappa shape index (κ2) is 9.32. The highest BCUT2D eigenvalue weighted by molar-refractivity contribution is 5.77. The Morgan fingerprint density at radius 3 is 2.70 bits per heavy atom. The van der Waals surface area contributed by atoms with Gasteiger partial charge in [-0.05, 0) is 42.2 Å². The Bertz CT molecular complexity index is 1240. The van der Waals surface area contributed by atoms with Crippen LogP contribution in [0.15, 0.2) is 73.1 Å². The number of benzene rings is 2. The van der Waals surface area contributed by atoms with E-state index in [1.54, 1.807) is 12.0 Å². The predicted molar refractivity (Wildman–Crippen MR) is 125 cm³/mol. The molecule has 168 valence electrons. The molecule has 3 heterocycles. The smallest absolute Gasteiger partial charge is 0.410 e. The zero-order valence-electron chi connectivity index (χ0n) is 18.6. The summed E-state index contributed by atoms with van der Waals surface area (Å²) >= 11 is 0. The van der Waals surface area contributed by atoms with Gasteiger partial charge < -0.3 is 14.4 Å². The van der Waals surface area contributed by atoms with Crippen LogP contribution >= 0.6 is 0 Å². The van der Waals surface area contributed by atoms with Crippen molar-refractivity contribution >= 4 is 11.7 Å². The van der Waals surface area contributed by atoms with Gasteiger partial charge in [-0.15, -0.1) is 0 Å². The fourth-order valence-corrected chi connectivity index (χ4v) is 4.39. The molecule has 0 saturated carbocycles. The van der Waals surface area contributed by atoms with Gasteiger partial charge in [0.15, 0.2) is 5.65 Å². The van der Waals surface area contributed by atoms with Gasteiger partial charge in [-0.1, -0.05) is 42.5 Å². The molecule has 33 heavy (non-hydrogen) atoms. The predicted octanol–water partition coefficient (Wildman–Crippen LogP) is 4.92. The lowest BCUT2D eigenvalue weighted by molar-refractivity contribution is 0.0854. The number of carbonyl (C=O) groups is 1. The molecule has 1 aliphatic heterocycles. The van der Waals surface area contributed by atoms with Crippen LogP contribution in [-0.4, -0.2) is 45.8 Å². The number of methoxy groups -OCH3 is 1. The fraction of sp³-hybridized carbons (Fsp3) is 0.269. The van der Waals surface area contributed by atoms with Crippen LogP contribution in [0.5, 0.6) is 5.75 Å². The minimum absolute atomic E-state index is 0.164. The maximum absolute atomic E-state index is 12.7. The molecular formula is C26H26N4O3. The van der Waals surface area contributed by atoms with E-state index in [2.05, 4.69) is 10.1 Å². The van der Waals surface area contributed by atoms with E-state index in [1.807, 2.05) is 77.6 Å². The molecule has 5 rings (SSSR count). The summed E-state index contributed by atoms with van der Waals surface area (Å²) in [5, 5.41) is 4.65. The third kappa shape index (κ3) is 4.39. The minimum Gasteiger partial charge on any atom is -0.497 e. The van der Waals surface area contributed by atoms with E-state index in [9.17, 15) is 4.79 Å². The van der Waals surface area contributed by atoms with Crippen LogP contribution in [0.4, 0.5) is 4.79 Å². The Morgan fingerprint density at radius 1 is 1.09 bits per heavy atom. The van der Waals surface area contributed by atoms with Crippen molar-refractivity contribution in [1.82, 2.24) is 19.5 Å². The maximum Gasteiger partial charge on any atom is 0.410 e. The third-order valence-electron chi connectivity index (χ3n) is 6.13. The Hall–Kier alpha value is -3.87. The van der Waals surface area contributed by atoms with Crippen molar-refractivity contribution in [3.63, 3.8) is 0 Å². The van der Waals surface area contributed by atoms with E-state index in [-0.39, 0.29) is 18.6 Å². The first-order chi connectivity index (χ1) is 16.2. The molecular weight excluding hydrogens is 416 g/mol. The molecule has 7 nitrogen and oxygen atoms in total. The average Bonchev–Trinajstić information content (AvgIpc) is 3.32. The molecule has 0 aliphatic carbocycles. The molecule has 1 amide bonds. The molecule has 1 atom stereocenters. The summed E-state index contributed by atoms with van der Waals surface area (Å²) in [6.07, 6.45) is 5.31. The Labute approximate surface area is 192 Å². The summed E-state index contributed by atoms with van der Waals surface area (Å²) in [6.45, 7) is 1.59. The zero-order valence-corrected chi connectivity index (χ0v) is 18.6. The van der Waals surface area contributed by atoms with Crippen molar-refractivity contribution in [2.75, 3.05) is 20.2 Å². The largest absolute Gasteiger partial charge is 0.497 e. The molecule has 0 spiro atoms. The standard InChI is InChI=1S/C26H26N4O3/c1-32-22-11-9-20(10-12-22)23-16-28-30-24(13-14-27-25(23)30)21-8-5-15-29(17-21)26(31)33-18-19-6-3-2-4-7-19/h2-4,6-7,9-14,16,21H,5,8,15,17-18H2,1H3. The van der Waals surface area contributed by atoms with Gasteiger partial charge in [0.25, 0.3) is 0 Å². The van der Waals surface area contributed by atoms with Crippen molar-refractivity contribution in [3.05, 3.63) is 84.3 Å². The first kappa shape index (κ1) is 21.0. The summed E-state index contributed by atoms with van der Waals surface area (Å²) in [5.74, 6) is 0.975. The van der Waals surface area contributed by atoms with Gasteiger partial charge in [-0.25, -0.2) is 14.3 Å². The van der Waals surface area contributed by atoms with Crippen LogP contribution in [0.1, 0.15) is 30.0 Å². The van der Waals surface area contributed by atoms with Crippen LogP contribution in [-0.2, 0) is 11.3 Å². The van der Waals surface area contributed by atoms with Crippen molar-refractivity contribution in [3.8, 4) is 16.9 Å². The number of hydrogen-bond donors (Lipinski definition) is 0. The zero-order chi connectivity index (χ0) is 22.6. The van der Waals surface area contributed by atoms with E-state index < -0.39 is 0 Å². The van der Waals surface area contributed by atoms with Crippen molar-refractivity contribution in [2.24, 2.45) is 0 Å². The lowest BCUT2D eigenvalue weighted by atomic mass is 9.94. The van der Waals surface area contributed by atoms with Crippen molar-refractivity contribution < 1.29 is 14.3 Å². The number of carbonyl (C=O) groups excluding carboxylic acids is 1. The van der Waals surface area contributed by atoms with Crippen LogP contribution < -0.4 is 4.74 Å². The molecule has 1 unspecified atom stereocenters. The Balaban J connectivity index is 1.34. The Morgan fingerprint density at radius 2 is 1.91 bits per heavy atom. The first-order valence-electron chi connectivity index (χ1n) is 11.2. The lowest BCUT2D eigenvalue weighted by Crippen LogP contribution is -2.39. The second-order valence-electron chi connectivity index (χ2n) is 8.22. The van der Waals surface area contributed by atoms with Crippen LogP contribution in [0.2, 0.25) is 0 Å². The maximum atomic E-state index is 12.7. The second-order valence-corrected chi connectivity index (χ2v) is 8.22. The fourth-order valence-electron chi connectivity index (χ4n) is 4.39. The molecule has 0 N–H and O–H groups in total. The van der Waals surface area contributed by atoms with E-state index in [1.165, 1.54) is 0 Å². The number of amides is 1. The summed E-state index contributed by atoms with van der Waals surface area (Å²) in [5.41, 5.74) is 4.85. The van der Waals surface area contributed by atoms with Crippen molar-refractivity contribution in [2.45, 2.75) is 25.4 Å². The Kier molecular flexibility index (Phi) is 5.93. The SMILES string of the molecule is COc1ccc(-c2cnn3c(C4CCCN(C(=O)OCc5ccccc5)C4)ccnc23)cc1. The van der Waals surface area contributed by atoms with Crippen LogP contribution in [0.25, 0.3) is 16.8 Å². The van der Waals surface area contributed by atoms with E-state index in [4.69, 9.17) is 9.47 Å². The normalized spacial score (nSPS) is 16.0. The number of piperidine rings is 1. The number of fused-ring (bicyclic) bond motifs is 1. The van der Waals surface area contributed by atoms with E-state index >= 15 is 0 Å². The van der Waals surface area contributed by atoms with E-state index in [0.29, 0.717) is 13.1 Å². The highest BCUT2D eigenvalue weighted by Crippen LogP contribution is 2.31. The van der Waals surface area contributed by atoms with Gasteiger partial charge in [0.1, 0.15) is 12.4 Å². The first-order valence-corrected chi connectivity index (χ1v) is 11.2. The quantitative estimate of drug-likeness (QED) is 0.439. The molecule has 1 fully saturated rings. The highest BCUT2D eigenvalue weighted by Gasteiger charge is 2.28. The lowest BCUT2D eigenvalue weighted by Gasteiger charge is -2.32. The number of hydrogen-bond acceptors (Lipinski definition) is 5. The number of rotatable bonds is 5. The molecule has 0 radical (unpaired) electrons. The summed E-state index contributed by atoms with van der Waals surface area (Å²) in [7, 11) is 1.66. The van der Waals surface area contributed by atoms with Gasteiger partial charge in [0, 0.05) is 30.8 Å². The monoisotopic (exact) mass is 442 g/mol. The van der Waals surface area contributed by atoms with Crippen LogP contribution in [0, 0.1) is 0 Å². The topological polar surface area (TPSA) is 69.0 Å². The third-order valence-corrected chi connectivity index (χ3v) is 6.13. The number of ether oxygens (including phenoxy) is 2. The molecule has 2 aromatic heterocycles. The number of likely N-dealkylation sites (tertiary alicyclic amines) is 1. The molecule has 7 heteroatoms. The average molecular weight is 443 g/mol. The van der Waals surface area contributed by atoms with Gasteiger partial charge in [0.05, 0.1) is 19.0 Å². The van der Waals surface area contributed by atoms with Crippen LogP contribution in [0.3, 0.4) is 0 Å². The minimum atomic E-state index is -0.270. The van der Waals surface area contributed by atoms with Gasteiger partial charge in [0.2, 0.25) is 0 Å². The van der Waals surface area contributed by atoms with E-state index in [0.717, 1.165) is 46.6 Å². The van der Waals surface area contributed by atoms with Crippen molar-refractivity contribution in [1.29, 1.82) is 0 Å². The molecule has 2 aromatic carbocycles. The summed E-state index contributed by atoms with van der Waals surface area (Å²) < 4.78 is 12.7. The number of nitrogens with zero attached hydrogens (tertiary/aromatic N) is 4. The summed E-state index contributed by atoms with van der Waals surface area (Å²) in [4.78, 5) is 19.1. The van der Waals surface area contributed by atoms with Gasteiger partial charge in [-0.3, -0.25) is 0 Å². The van der Waals surface area contributed by atoms with Gasteiger partial charge >= 0.3 is 6.09 Å².